The lowest BCUT2D eigenvalue weighted by Gasteiger charge is -2.24. The van der Waals surface area contributed by atoms with Gasteiger partial charge in [0.05, 0.1) is 13.5 Å². The normalized spacial score (nSPS) is 10.2. The summed E-state index contributed by atoms with van der Waals surface area (Å²) >= 11 is 0. The lowest BCUT2D eigenvalue weighted by molar-refractivity contribution is -0.140. The van der Waals surface area contributed by atoms with Gasteiger partial charge in [-0.25, -0.2) is 4.79 Å². The van der Waals surface area contributed by atoms with Gasteiger partial charge in [0.25, 0.3) is 0 Å². The summed E-state index contributed by atoms with van der Waals surface area (Å²) in [4.78, 5) is 25.0. The van der Waals surface area contributed by atoms with Gasteiger partial charge >= 0.3 is 12.0 Å². The average Bonchev–Trinajstić information content (AvgIpc) is 2.43. The van der Waals surface area contributed by atoms with Gasteiger partial charge < -0.3 is 15.0 Å². The number of para-hydroxylation sites is 1. The van der Waals surface area contributed by atoms with E-state index in [-0.39, 0.29) is 18.4 Å². The maximum atomic E-state index is 12.2. The molecule has 1 rings (SSSR count). The molecule has 0 spiro atoms. The second-order valence-corrected chi connectivity index (χ2v) is 4.96. The van der Waals surface area contributed by atoms with E-state index in [0.29, 0.717) is 19.0 Å². The van der Waals surface area contributed by atoms with Crippen molar-refractivity contribution in [1.29, 1.82) is 0 Å². The molecule has 2 amide bonds. The van der Waals surface area contributed by atoms with Crippen molar-refractivity contribution in [3.63, 3.8) is 0 Å². The van der Waals surface area contributed by atoms with Crippen LogP contribution >= 0.6 is 0 Å². The summed E-state index contributed by atoms with van der Waals surface area (Å²) in [5.74, 6) is 0.0143. The van der Waals surface area contributed by atoms with Crippen molar-refractivity contribution in [3.8, 4) is 0 Å². The van der Waals surface area contributed by atoms with Crippen LogP contribution in [0.2, 0.25) is 0 Å². The Labute approximate surface area is 119 Å². The highest BCUT2D eigenvalue weighted by Gasteiger charge is 2.16. The summed E-state index contributed by atoms with van der Waals surface area (Å²) < 4.78 is 4.61. The lowest BCUT2D eigenvalue weighted by Crippen LogP contribution is -2.39. The van der Waals surface area contributed by atoms with Gasteiger partial charge in [-0.05, 0) is 18.1 Å². The van der Waals surface area contributed by atoms with Gasteiger partial charge in [-0.15, -0.1) is 0 Å². The van der Waals surface area contributed by atoms with Gasteiger partial charge in [-0.1, -0.05) is 32.0 Å². The van der Waals surface area contributed by atoms with E-state index in [2.05, 4.69) is 10.1 Å². The zero-order valence-electron chi connectivity index (χ0n) is 12.3. The number of esters is 1. The minimum Gasteiger partial charge on any atom is -0.469 e. The van der Waals surface area contributed by atoms with E-state index >= 15 is 0 Å². The summed E-state index contributed by atoms with van der Waals surface area (Å²) in [6.45, 7) is 5.00. The number of carbonyl (C=O) groups excluding carboxylic acids is 2. The van der Waals surface area contributed by atoms with E-state index in [1.54, 1.807) is 4.90 Å². The van der Waals surface area contributed by atoms with E-state index in [4.69, 9.17) is 0 Å². The monoisotopic (exact) mass is 278 g/mol. The molecule has 0 atom stereocenters. The molecule has 1 aromatic rings. The minimum atomic E-state index is -0.314. The third-order valence-corrected chi connectivity index (χ3v) is 2.71. The molecule has 0 saturated carbocycles. The van der Waals surface area contributed by atoms with E-state index in [1.807, 2.05) is 44.2 Å². The summed E-state index contributed by atoms with van der Waals surface area (Å²) in [7, 11) is 1.35. The lowest BCUT2D eigenvalue weighted by atomic mass is 10.2. The number of ether oxygens (including phenoxy) is 1. The molecule has 0 aliphatic rings. The summed E-state index contributed by atoms with van der Waals surface area (Å²) in [5, 5.41) is 2.82. The maximum Gasteiger partial charge on any atom is 0.321 e. The summed E-state index contributed by atoms with van der Waals surface area (Å²) in [6.07, 6.45) is 0.200. The molecule has 0 heterocycles. The van der Waals surface area contributed by atoms with Crippen LogP contribution < -0.4 is 5.32 Å². The molecule has 1 aromatic carbocycles. The number of benzene rings is 1. The molecular weight excluding hydrogens is 256 g/mol. The molecule has 5 heteroatoms. The highest BCUT2D eigenvalue weighted by atomic mass is 16.5. The van der Waals surface area contributed by atoms with Gasteiger partial charge in [-0.3, -0.25) is 4.79 Å². The van der Waals surface area contributed by atoms with Gasteiger partial charge in [0.15, 0.2) is 0 Å². The third kappa shape index (κ3) is 5.73. The molecule has 0 radical (unpaired) electrons. The smallest absolute Gasteiger partial charge is 0.321 e. The first-order valence-electron chi connectivity index (χ1n) is 6.70. The molecule has 0 fully saturated rings. The number of amides is 2. The molecule has 0 aromatic heterocycles. The first-order chi connectivity index (χ1) is 9.52. The average molecular weight is 278 g/mol. The van der Waals surface area contributed by atoms with Crippen molar-refractivity contribution >= 4 is 17.7 Å². The number of urea groups is 1. The quantitative estimate of drug-likeness (QED) is 0.814. The Morgan fingerprint density at radius 1 is 1.25 bits per heavy atom. The third-order valence-electron chi connectivity index (χ3n) is 2.71. The maximum absolute atomic E-state index is 12.2. The molecule has 5 nitrogen and oxygen atoms in total. The van der Waals surface area contributed by atoms with Crippen LogP contribution in [0.4, 0.5) is 10.5 Å². The highest BCUT2D eigenvalue weighted by molar-refractivity contribution is 5.89. The molecule has 0 aliphatic carbocycles. The second kappa shape index (κ2) is 8.19. The van der Waals surface area contributed by atoms with Crippen molar-refractivity contribution in [2.24, 2.45) is 5.92 Å². The van der Waals surface area contributed by atoms with Crippen molar-refractivity contribution in [2.45, 2.75) is 20.3 Å². The zero-order valence-corrected chi connectivity index (χ0v) is 12.3. The van der Waals surface area contributed by atoms with Gasteiger partial charge in [-0.2, -0.15) is 0 Å². The van der Waals surface area contributed by atoms with E-state index < -0.39 is 0 Å². The fourth-order valence-corrected chi connectivity index (χ4v) is 1.77. The van der Waals surface area contributed by atoms with Crippen LogP contribution in [0.1, 0.15) is 20.3 Å². The molecule has 110 valence electrons. The zero-order chi connectivity index (χ0) is 15.0. The fraction of sp³-hybridized carbons (Fsp3) is 0.467. The first kappa shape index (κ1) is 16.0. The van der Waals surface area contributed by atoms with Crippen molar-refractivity contribution in [2.75, 3.05) is 25.5 Å². The molecule has 0 aliphatic heterocycles. The fourth-order valence-electron chi connectivity index (χ4n) is 1.77. The number of nitrogens with one attached hydrogen (secondary N) is 1. The number of nitrogens with zero attached hydrogens (tertiary/aromatic N) is 1. The van der Waals surface area contributed by atoms with Crippen LogP contribution in [-0.2, 0) is 9.53 Å². The van der Waals surface area contributed by atoms with Gasteiger partial charge in [0.1, 0.15) is 0 Å². The van der Waals surface area contributed by atoms with Gasteiger partial charge in [0.2, 0.25) is 0 Å². The summed E-state index contributed by atoms with van der Waals surface area (Å²) in [6, 6.07) is 9.05. The second-order valence-electron chi connectivity index (χ2n) is 4.96. The molecule has 0 unspecified atom stereocenters. The largest absolute Gasteiger partial charge is 0.469 e. The van der Waals surface area contributed by atoms with Crippen LogP contribution in [0.25, 0.3) is 0 Å². The SMILES string of the molecule is COC(=O)CCN(CC(C)C)C(=O)Nc1ccccc1. The van der Waals surface area contributed by atoms with Crippen LogP contribution in [0.3, 0.4) is 0 Å². The van der Waals surface area contributed by atoms with Crippen molar-refractivity contribution < 1.29 is 14.3 Å². The Bertz CT molecular complexity index is 432. The predicted molar refractivity (Wildman–Crippen MR) is 78.5 cm³/mol. The van der Waals surface area contributed by atoms with Crippen LogP contribution in [0, 0.1) is 5.92 Å². The number of methoxy groups -OCH3 is 1. The molecule has 1 N–H and O–H groups in total. The number of anilines is 1. The van der Waals surface area contributed by atoms with E-state index in [0.717, 1.165) is 5.69 Å². The van der Waals surface area contributed by atoms with E-state index in [9.17, 15) is 9.59 Å². The summed E-state index contributed by atoms with van der Waals surface area (Å²) in [5.41, 5.74) is 0.740. The Morgan fingerprint density at radius 3 is 2.45 bits per heavy atom. The van der Waals surface area contributed by atoms with Crippen molar-refractivity contribution in [3.05, 3.63) is 30.3 Å². The number of hydrogen-bond acceptors (Lipinski definition) is 3. The number of rotatable bonds is 6. The van der Waals surface area contributed by atoms with Crippen LogP contribution in [0.5, 0.6) is 0 Å². The van der Waals surface area contributed by atoms with Crippen molar-refractivity contribution in [1.82, 2.24) is 4.90 Å². The van der Waals surface area contributed by atoms with E-state index in [1.165, 1.54) is 7.11 Å². The predicted octanol–water partition coefficient (Wildman–Crippen LogP) is 2.74. The van der Waals surface area contributed by atoms with Crippen LogP contribution in [0.15, 0.2) is 30.3 Å². The first-order valence-corrected chi connectivity index (χ1v) is 6.70. The number of hydrogen-bond donors (Lipinski definition) is 1. The minimum absolute atomic E-state index is 0.200. The number of carbonyl (C=O) groups is 2. The molecular formula is C15H22N2O3. The Kier molecular flexibility index (Phi) is 6.56. The highest BCUT2D eigenvalue weighted by Crippen LogP contribution is 2.08. The Balaban J connectivity index is 2.61. The topological polar surface area (TPSA) is 58.6 Å². The van der Waals surface area contributed by atoms with Gasteiger partial charge in [0, 0.05) is 18.8 Å². The molecule has 0 saturated heterocycles. The van der Waals surface area contributed by atoms with Crippen LogP contribution in [-0.4, -0.2) is 37.1 Å². The molecule has 20 heavy (non-hydrogen) atoms. The Morgan fingerprint density at radius 2 is 1.90 bits per heavy atom. The Hall–Kier alpha value is -2.04. The standard InChI is InChI=1S/C15H22N2O3/c1-12(2)11-17(10-9-14(18)20-3)15(19)16-13-7-5-4-6-8-13/h4-8,12H,9-11H2,1-3H3,(H,16,19). The molecule has 0 bridgehead atoms.